The summed E-state index contributed by atoms with van der Waals surface area (Å²) in [5.74, 6) is -1.01. The van der Waals surface area contributed by atoms with Crippen molar-refractivity contribution < 1.29 is 14.4 Å². The largest absolute Gasteiger partial charge is 0.352 e. The Morgan fingerprint density at radius 1 is 1.10 bits per heavy atom. The second kappa shape index (κ2) is 10.1. The average Bonchev–Trinajstić information content (AvgIpc) is 3.40. The second-order valence-corrected chi connectivity index (χ2v) is 8.55. The highest BCUT2D eigenvalue weighted by Crippen LogP contribution is 2.27. The molecular formula is C20H21Cl2N3O3S. The molecule has 0 bridgehead atoms. The molecule has 29 heavy (non-hydrogen) atoms. The van der Waals surface area contributed by atoms with Crippen molar-refractivity contribution in [3.05, 3.63) is 50.6 Å². The van der Waals surface area contributed by atoms with Gasteiger partial charge in [0.15, 0.2) is 0 Å². The molecule has 0 aliphatic heterocycles. The van der Waals surface area contributed by atoms with E-state index in [0.29, 0.717) is 15.6 Å². The third-order valence-corrected chi connectivity index (χ3v) is 6.29. The first-order valence-corrected chi connectivity index (χ1v) is 10.9. The van der Waals surface area contributed by atoms with Crippen LogP contribution in [0.25, 0.3) is 0 Å². The number of nitrogens with one attached hydrogen (secondary N) is 2. The molecule has 2 N–H and O–H groups in total. The molecule has 1 saturated carbocycles. The van der Waals surface area contributed by atoms with E-state index in [1.165, 1.54) is 22.3 Å². The van der Waals surface area contributed by atoms with Crippen LogP contribution in [0.2, 0.25) is 10.0 Å². The van der Waals surface area contributed by atoms with Gasteiger partial charge in [-0.1, -0.05) is 42.1 Å². The summed E-state index contributed by atoms with van der Waals surface area (Å²) < 4.78 is 0. The number of nitrogens with zero attached hydrogens (tertiary/aromatic N) is 1. The minimum atomic E-state index is -0.421. The van der Waals surface area contributed by atoms with E-state index in [1.807, 2.05) is 0 Å². The molecule has 1 aliphatic carbocycles. The molecule has 154 valence electrons. The summed E-state index contributed by atoms with van der Waals surface area (Å²) in [6, 6.07) is 8.31. The zero-order chi connectivity index (χ0) is 20.8. The summed E-state index contributed by atoms with van der Waals surface area (Å²) in [4.78, 5) is 39.3. The van der Waals surface area contributed by atoms with E-state index in [1.54, 1.807) is 29.6 Å². The smallest absolute Gasteiger partial charge is 0.261 e. The van der Waals surface area contributed by atoms with Crippen LogP contribution in [0, 0.1) is 0 Å². The van der Waals surface area contributed by atoms with Crippen molar-refractivity contribution in [2.75, 3.05) is 18.0 Å². The van der Waals surface area contributed by atoms with E-state index in [0.717, 1.165) is 25.7 Å². The van der Waals surface area contributed by atoms with Gasteiger partial charge in [0.2, 0.25) is 11.8 Å². The van der Waals surface area contributed by atoms with E-state index in [2.05, 4.69) is 10.6 Å². The SMILES string of the molecule is O=C(CN(C(=O)CNC(=O)c1cccs1)c1ccc(Cl)c(Cl)c1)NC1CCCC1. The molecule has 3 rings (SSSR count). The van der Waals surface area contributed by atoms with Gasteiger partial charge in [-0.15, -0.1) is 11.3 Å². The first kappa shape index (κ1) is 21.6. The van der Waals surface area contributed by atoms with Crippen LogP contribution < -0.4 is 15.5 Å². The Balaban J connectivity index is 1.70. The van der Waals surface area contributed by atoms with Gasteiger partial charge in [-0.2, -0.15) is 0 Å². The van der Waals surface area contributed by atoms with E-state index in [4.69, 9.17) is 23.2 Å². The molecule has 6 nitrogen and oxygen atoms in total. The van der Waals surface area contributed by atoms with Crippen LogP contribution in [0.4, 0.5) is 5.69 Å². The minimum absolute atomic E-state index is 0.145. The maximum atomic E-state index is 12.8. The lowest BCUT2D eigenvalue weighted by atomic mass is 10.2. The van der Waals surface area contributed by atoms with Crippen LogP contribution in [0.5, 0.6) is 0 Å². The predicted molar refractivity (Wildman–Crippen MR) is 116 cm³/mol. The van der Waals surface area contributed by atoms with Gasteiger partial charge in [-0.25, -0.2) is 0 Å². The summed E-state index contributed by atoms with van der Waals surface area (Å²) in [6.07, 6.45) is 4.08. The number of rotatable bonds is 7. The van der Waals surface area contributed by atoms with Crippen molar-refractivity contribution in [2.45, 2.75) is 31.7 Å². The van der Waals surface area contributed by atoms with Gasteiger partial charge in [0.1, 0.15) is 6.54 Å². The lowest BCUT2D eigenvalue weighted by Crippen LogP contribution is -2.47. The third-order valence-electron chi connectivity index (χ3n) is 4.68. The maximum absolute atomic E-state index is 12.8. The van der Waals surface area contributed by atoms with Gasteiger partial charge in [-0.3, -0.25) is 14.4 Å². The van der Waals surface area contributed by atoms with Crippen LogP contribution in [-0.2, 0) is 9.59 Å². The number of carbonyl (C=O) groups excluding carboxylic acids is 3. The highest BCUT2D eigenvalue weighted by atomic mass is 35.5. The van der Waals surface area contributed by atoms with E-state index in [-0.39, 0.29) is 36.0 Å². The summed E-state index contributed by atoms with van der Waals surface area (Å²) >= 11 is 13.4. The molecule has 9 heteroatoms. The molecule has 0 atom stereocenters. The fourth-order valence-corrected chi connectivity index (χ4v) is 4.14. The molecule has 1 aromatic carbocycles. The summed E-state index contributed by atoms with van der Waals surface area (Å²) in [7, 11) is 0. The summed E-state index contributed by atoms with van der Waals surface area (Å²) in [6.45, 7) is -0.407. The van der Waals surface area contributed by atoms with E-state index >= 15 is 0 Å². The average molecular weight is 454 g/mol. The highest BCUT2D eigenvalue weighted by molar-refractivity contribution is 7.12. The van der Waals surface area contributed by atoms with Crippen LogP contribution in [0.15, 0.2) is 35.7 Å². The Hall–Kier alpha value is -2.09. The van der Waals surface area contributed by atoms with Crippen molar-refractivity contribution in [3.63, 3.8) is 0 Å². The topological polar surface area (TPSA) is 78.5 Å². The van der Waals surface area contributed by atoms with Gasteiger partial charge >= 0.3 is 0 Å². The highest BCUT2D eigenvalue weighted by Gasteiger charge is 2.23. The van der Waals surface area contributed by atoms with E-state index in [9.17, 15) is 14.4 Å². The molecule has 1 aliphatic rings. The van der Waals surface area contributed by atoms with Crippen molar-refractivity contribution in [1.82, 2.24) is 10.6 Å². The number of benzene rings is 1. The van der Waals surface area contributed by atoms with Crippen molar-refractivity contribution in [3.8, 4) is 0 Å². The molecule has 0 spiro atoms. The number of anilines is 1. The predicted octanol–water partition coefficient (Wildman–Crippen LogP) is 3.88. The number of hydrogen-bond donors (Lipinski definition) is 2. The zero-order valence-corrected chi connectivity index (χ0v) is 17.9. The minimum Gasteiger partial charge on any atom is -0.352 e. The van der Waals surface area contributed by atoms with Crippen LogP contribution in [0.3, 0.4) is 0 Å². The standard InChI is InChI=1S/C20H21Cl2N3O3S/c21-15-8-7-14(10-16(15)22)25(12-18(26)24-13-4-1-2-5-13)19(27)11-23-20(28)17-6-3-9-29-17/h3,6-10,13H,1-2,4-5,11-12H2,(H,23,28)(H,24,26). The maximum Gasteiger partial charge on any atom is 0.261 e. The Labute approximate surface area is 183 Å². The van der Waals surface area contributed by atoms with Crippen molar-refractivity contribution in [1.29, 1.82) is 0 Å². The molecular weight excluding hydrogens is 433 g/mol. The van der Waals surface area contributed by atoms with Gasteiger partial charge in [0.25, 0.3) is 5.91 Å². The van der Waals surface area contributed by atoms with Gasteiger partial charge in [0.05, 0.1) is 21.5 Å². The van der Waals surface area contributed by atoms with Crippen molar-refractivity contribution in [2.24, 2.45) is 0 Å². The Morgan fingerprint density at radius 2 is 1.86 bits per heavy atom. The zero-order valence-electron chi connectivity index (χ0n) is 15.6. The van der Waals surface area contributed by atoms with Gasteiger partial charge in [-0.05, 0) is 42.5 Å². The van der Waals surface area contributed by atoms with E-state index < -0.39 is 5.91 Å². The van der Waals surface area contributed by atoms with Crippen LogP contribution >= 0.6 is 34.5 Å². The molecule has 0 radical (unpaired) electrons. The van der Waals surface area contributed by atoms with Crippen molar-refractivity contribution >= 4 is 57.9 Å². The molecule has 1 aromatic heterocycles. The van der Waals surface area contributed by atoms with Crippen LogP contribution in [0.1, 0.15) is 35.4 Å². The monoisotopic (exact) mass is 453 g/mol. The molecule has 1 heterocycles. The molecule has 3 amide bonds. The quantitative estimate of drug-likeness (QED) is 0.667. The Bertz CT molecular complexity index is 883. The number of carbonyl (C=O) groups is 3. The number of hydrogen-bond acceptors (Lipinski definition) is 4. The summed E-state index contributed by atoms with van der Waals surface area (Å²) in [5.41, 5.74) is 0.441. The lowest BCUT2D eigenvalue weighted by Gasteiger charge is -2.24. The number of halogens is 2. The molecule has 0 saturated heterocycles. The third kappa shape index (κ3) is 5.95. The van der Waals surface area contributed by atoms with Gasteiger partial charge in [0, 0.05) is 11.7 Å². The second-order valence-electron chi connectivity index (χ2n) is 6.79. The normalized spacial score (nSPS) is 13.9. The van der Waals surface area contributed by atoms with Crippen LogP contribution in [-0.4, -0.2) is 36.9 Å². The lowest BCUT2D eigenvalue weighted by molar-refractivity contribution is -0.123. The fraction of sp³-hybridized carbons (Fsp3) is 0.350. The number of amides is 3. The Morgan fingerprint density at radius 3 is 2.52 bits per heavy atom. The Kier molecular flexibility index (Phi) is 7.52. The molecule has 2 aromatic rings. The summed E-state index contributed by atoms with van der Waals surface area (Å²) in [5, 5.41) is 7.98. The first-order valence-electron chi connectivity index (χ1n) is 9.30. The molecule has 1 fully saturated rings. The first-order chi connectivity index (χ1) is 13.9. The molecule has 0 unspecified atom stereocenters. The number of thiophene rings is 1. The van der Waals surface area contributed by atoms with Gasteiger partial charge < -0.3 is 15.5 Å². The fourth-order valence-electron chi connectivity index (χ4n) is 3.21.